The van der Waals surface area contributed by atoms with Crippen molar-refractivity contribution in [2.75, 3.05) is 4.90 Å². The highest BCUT2D eigenvalue weighted by Gasteiger charge is 2.51. The molecule has 1 fully saturated rings. The van der Waals surface area contributed by atoms with E-state index >= 15 is 0 Å². The van der Waals surface area contributed by atoms with E-state index in [1.807, 2.05) is 45.0 Å². The summed E-state index contributed by atoms with van der Waals surface area (Å²) in [5.41, 5.74) is 3.91. The summed E-state index contributed by atoms with van der Waals surface area (Å²) in [6.45, 7) is 5.82. The van der Waals surface area contributed by atoms with Gasteiger partial charge in [0, 0.05) is 12.1 Å². The summed E-state index contributed by atoms with van der Waals surface area (Å²) < 4.78 is 0. The third-order valence-corrected chi connectivity index (χ3v) is 5.33. The number of anilines is 1. The molecule has 29 heavy (non-hydrogen) atoms. The van der Waals surface area contributed by atoms with Gasteiger partial charge in [0.1, 0.15) is 11.7 Å². The molecule has 0 spiro atoms. The number of aromatic amines is 1. The first-order chi connectivity index (χ1) is 13.9. The number of hydrogen-bond donors (Lipinski definition) is 1. The zero-order chi connectivity index (χ0) is 20.7. The Bertz CT molecular complexity index is 1120. The Morgan fingerprint density at radius 2 is 1.97 bits per heavy atom. The topological polar surface area (TPSA) is 83.1 Å². The summed E-state index contributed by atoms with van der Waals surface area (Å²) in [6.07, 6.45) is 1.85. The standard InChI is InChI=1S/C23H23N3O3/c1-13(2)9-19(27)20-21(15-6-4-5-14(3)10-15)26(23(29)22(20)28)16-7-8-17-18(11-16)25-12-24-17/h4-8,10-13,20-21H,9H2,1-3H3,(H,24,25). The van der Waals surface area contributed by atoms with Gasteiger partial charge in [-0.2, -0.15) is 0 Å². The first-order valence-corrected chi connectivity index (χ1v) is 9.76. The molecule has 2 aromatic carbocycles. The van der Waals surface area contributed by atoms with Crippen LogP contribution in [0.3, 0.4) is 0 Å². The van der Waals surface area contributed by atoms with Crippen LogP contribution in [0.2, 0.25) is 0 Å². The number of aryl methyl sites for hydroxylation is 1. The Hall–Kier alpha value is -3.28. The third-order valence-electron chi connectivity index (χ3n) is 5.33. The Morgan fingerprint density at radius 3 is 2.69 bits per heavy atom. The number of Topliss-reactive ketones (excluding diaryl/α,β-unsaturated/α-hetero) is 2. The maximum atomic E-state index is 13.0. The van der Waals surface area contributed by atoms with Crippen molar-refractivity contribution in [2.24, 2.45) is 11.8 Å². The van der Waals surface area contributed by atoms with Gasteiger partial charge in [-0.25, -0.2) is 4.98 Å². The number of nitrogens with zero attached hydrogens (tertiary/aromatic N) is 2. The summed E-state index contributed by atoms with van der Waals surface area (Å²) in [4.78, 5) is 47.7. The van der Waals surface area contributed by atoms with Gasteiger partial charge in [0.05, 0.1) is 23.4 Å². The van der Waals surface area contributed by atoms with Gasteiger partial charge in [0.15, 0.2) is 0 Å². The average molecular weight is 389 g/mol. The lowest BCUT2D eigenvalue weighted by Crippen LogP contribution is -2.30. The lowest BCUT2D eigenvalue weighted by Gasteiger charge is -2.27. The van der Waals surface area contributed by atoms with Gasteiger partial charge >= 0.3 is 0 Å². The first-order valence-electron chi connectivity index (χ1n) is 9.76. The number of rotatable bonds is 5. The molecule has 6 nitrogen and oxygen atoms in total. The molecule has 1 aromatic heterocycles. The maximum absolute atomic E-state index is 13.0. The zero-order valence-electron chi connectivity index (χ0n) is 16.7. The number of fused-ring (bicyclic) bond motifs is 1. The van der Waals surface area contributed by atoms with E-state index in [0.717, 1.165) is 22.2 Å². The van der Waals surface area contributed by atoms with Gasteiger partial charge in [-0.15, -0.1) is 0 Å². The van der Waals surface area contributed by atoms with E-state index in [1.165, 1.54) is 4.90 Å². The van der Waals surface area contributed by atoms with Crippen molar-refractivity contribution in [3.05, 3.63) is 59.9 Å². The van der Waals surface area contributed by atoms with Crippen LogP contribution in [0.15, 0.2) is 48.8 Å². The van der Waals surface area contributed by atoms with Gasteiger partial charge < -0.3 is 4.98 Å². The predicted molar refractivity (Wildman–Crippen MR) is 110 cm³/mol. The molecule has 1 saturated heterocycles. The largest absolute Gasteiger partial charge is 0.345 e. The van der Waals surface area contributed by atoms with E-state index in [-0.39, 0.29) is 18.1 Å². The molecule has 1 N–H and O–H groups in total. The van der Waals surface area contributed by atoms with Crippen molar-refractivity contribution in [2.45, 2.75) is 33.2 Å². The maximum Gasteiger partial charge on any atom is 0.295 e. The molecule has 2 atom stereocenters. The van der Waals surface area contributed by atoms with Crippen LogP contribution < -0.4 is 4.90 Å². The molecule has 0 aliphatic carbocycles. The fourth-order valence-electron chi connectivity index (χ4n) is 4.07. The highest BCUT2D eigenvalue weighted by molar-refractivity contribution is 6.48. The second-order valence-electron chi connectivity index (χ2n) is 8.04. The summed E-state index contributed by atoms with van der Waals surface area (Å²) in [6, 6.07) is 12.4. The number of benzene rings is 2. The van der Waals surface area contributed by atoms with E-state index in [9.17, 15) is 14.4 Å². The Kier molecular flexibility index (Phi) is 4.78. The van der Waals surface area contributed by atoms with Crippen molar-refractivity contribution in [3.8, 4) is 0 Å². The fourth-order valence-corrected chi connectivity index (χ4v) is 4.07. The van der Waals surface area contributed by atoms with E-state index in [4.69, 9.17) is 0 Å². The van der Waals surface area contributed by atoms with Crippen LogP contribution >= 0.6 is 0 Å². The Morgan fingerprint density at radius 1 is 1.17 bits per heavy atom. The molecule has 6 heteroatoms. The second kappa shape index (κ2) is 7.28. The minimum Gasteiger partial charge on any atom is -0.345 e. The summed E-state index contributed by atoms with van der Waals surface area (Å²) in [7, 11) is 0. The highest BCUT2D eigenvalue weighted by atomic mass is 16.2. The molecule has 0 radical (unpaired) electrons. The molecule has 3 aromatic rings. The molecular weight excluding hydrogens is 366 g/mol. The first kappa shape index (κ1) is 19.1. The lowest BCUT2D eigenvalue weighted by molar-refractivity contribution is -0.139. The molecule has 0 bridgehead atoms. The quantitative estimate of drug-likeness (QED) is 0.532. The number of imidazole rings is 1. The van der Waals surface area contributed by atoms with Crippen LogP contribution in [0.25, 0.3) is 11.0 Å². The molecule has 1 aliphatic heterocycles. The summed E-state index contributed by atoms with van der Waals surface area (Å²) in [5, 5.41) is 0. The minimum atomic E-state index is -0.996. The van der Waals surface area contributed by atoms with Crippen LogP contribution in [-0.4, -0.2) is 27.4 Å². The van der Waals surface area contributed by atoms with Crippen molar-refractivity contribution < 1.29 is 14.4 Å². The van der Waals surface area contributed by atoms with E-state index < -0.39 is 23.7 Å². The van der Waals surface area contributed by atoms with Crippen molar-refractivity contribution in [3.63, 3.8) is 0 Å². The van der Waals surface area contributed by atoms with Gasteiger partial charge in [-0.3, -0.25) is 19.3 Å². The normalized spacial score (nSPS) is 19.5. The van der Waals surface area contributed by atoms with Gasteiger partial charge in [0.2, 0.25) is 5.78 Å². The zero-order valence-corrected chi connectivity index (χ0v) is 16.7. The molecule has 2 heterocycles. The minimum absolute atomic E-state index is 0.110. The molecule has 1 aliphatic rings. The number of nitrogens with one attached hydrogen (secondary N) is 1. The lowest BCUT2D eigenvalue weighted by atomic mass is 9.85. The second-order valence-corrected chi connectivity index (χ2v) is 8.04. The number of carbonyl (C=O) groups excluding carboxylic acids is 3. The average Bonchev–Trinajstić information content (AvgIpc) is 3.23. The number of ketones is 2. The van der Waals surface area contributed by atoms with Crippen LogP contribution in [-0.2, 0) is 14.4 Å². The molecule has 0 saturated carbocycles. The van der Waals surface area contributed by atoms with Crippen LogP contribution in [0.4, 0.5) is 5.69 Å². The predicted octanol–water partition coefficient (Wildman–Crippen LogP) is 3.76. The van der Waals surface area contributed by atoms with Crippen molar-refractivity contribution in [1.29, 1.82) is 0 Å². The monoisotopic (exact) mass is 389 g/mol. The summed E-state index contributed by atoms with van der Waals surface area (Å²) >= 11 is 0. The van der Waals surface area contributed by atoms with Gasteiger partial charge in [0.25, 0.3) is 5.91 Å². The smallest absolute Gasteiger partial charge is 0.295 e. The number of hydrogen-bond acceptors (Lipinski definition) is 4. The van der Waals surface area contributed by atoms with Gasteiger partial charge in [-0.1, -0.05) is 43.7 Å². The highest BCUT2D eigenvalue weighted by Crippen LogP contribution is 2.41. The number of aromatic nitrogens is 2. The summed E-state index contributed by atoms with van der Waals surface area (Å²) in [5.74, 6) is -2.34. The van der Waals surface area contributed by atoms with Crippen LogP contribution in [0.5, 0.6) is 0 Å². The van der Waals surface area contributed by atoms with Crippen molar-refractivity contribution in [1.82, 2.24) is 9.97 Å². The van der Waals surface area contributed by atoms with Gasteiger partial charge in [-0.05, 0) is 36.6 Å². The van der Waals surface area contributed by atoms with E-state index in [2.05, 4.69) is 9.97 Å². The molecule has 1 amide bonds. The van der Waals surface area contributed by atoms with Crippen LogP contribution in [0, 0.1) is 18.8 Å². The SMILES string of the molecule is Cc1cccc(C2C(C(=O)CC(C)C)C(=O)C(=O)N2c2ccc3nc[nH]c3c2)c1. The van der Waals surface area contributed by atoms with E-state index in [1.54, 1.807) is 24.5 Å². The third kappa shape index (κ3) is 3.35. The molecule has 2 unspecified atom stereocenters. The van der Waals surface area contributed by atoms with E-state index in [0.29, 0.717) is 5.69 Å². The number of amides is 1. The molecule has 4 rings (SSSR count). The Labute approximate surface area is 168 Å². The number of carbonyl (C=O) groups is 3. The Balaban J connectivity index is 1.86. The molecular formula is C23H23N3O3. The fraction of sp³-hybridized carbons (Fsp3) is 0.304. The molecule has 148 valence electrons. The number of H-pyrrole nitrogens is 1. The van der Waals surface area contributed by atoms with Crippen molar-refractivity contribution >= 4 is 34.2 Å². The van der Waals surface area contributed by atoms with Crippen LogP contribution in [0.1, 0.15) is 37.4 Å².